The van der Waals surface area contributed by atoms with Crippen LogP contribution in [-0.4, -0.2) is 25.8 Å². The third-order valence-corrected chi connectivity index (χ3v) is 5.72. The van der Waals surface area contributed by atoms with Crippen LogP contribution in [0.2, 0.25) is 5.02 Å². The first-order valence-corrected chi connectivity index (χ1v) is 9.67. The molecule has 7 heteroatoms. The van der Waals surface area contributed by atoms with Crippen LogP contribution in [0.25, 0.3) is 10.7 Å². The van der Waals surface area contributed by atoms with Crippen LogP contribution in [0, 0.1) is 0 Å². The van der Waals surface area contributed by atoms with Gasteiger partial charge in [0.25, 0.3) is 0 Å². The fourth-order valence-corrected chi connectivity index (χ4v) is 4.23. The van der Waals surface area contributed by atoms with Crippen molar-refractivity contribution in [3.8, 4) is 10.7 Å². The van der Waals surface area contributed by atoms with Gasteiger partial charge in [0, 0.05) is 17.1 Å². The molecule has 0 bridgehead atoms. The van der Waals surface area contributed by atoms with E-state index in [1.54, 1.807) is 35.6 Å². The molecule has 0 aliphatic carbocycles. The van der Waals surface area contributed by atoms with Gasteiger partial charge in [0.2, 0.25) is 0 Å². The van der Waals surface area contributed by atoms with E-state index >= 15 is 0 Å². The van der Waals surface area contributed by atoms with Gasteiger partial charge in [0.15, 0.2) is 16.8 Å². The molecule has 0 saturated carbocycles. The van der Waals surface area contributed by atoms with E-state index in [-0.39, 0.29) is 11.0 Å². The highest BCUT2D eigenvalue weighted by atomic mass is 35.5. The summed E-state index contributed by atoms with van der Waals surface area (Å²) in [6, 6.07) is 11.0. The summed E-state index contributed by atoms with van der Waals surface area (Å²) in [5, 5.41) is 11.6. The number of benzene rings is 1. The molecule has 24 heavy (non-hydrogen) atoms. The van der Waals surface area contributed by atoms with Crippen molar-refractivity contribution in [1.29, 1.82) is 0 Å². The highest BCUT2D eigenvalue weighted by Crippen LogP contribution is 2.30. The Balaban J connectivity index is 1.82. The van der Waals surface area contributed by atoms with Gasteiger partial charge in [0.05, 0.1) is 10.1 Å². The van der Waals surface area contributed by atoms with Crippen LogP contribution >= 0.6 is 34.7 Å². The number of thioether (sulfide) groups is 1. The summed E-state index contributed by atoms with van der Waals surface area (Å²) in [5.41, 5.74) is 0.614. The van der Waals surface area contributed by atoms with Crippen LogP contribution in [0.15, 0.2) is 46.9 Å². The largest absolute Gasteiger partial charge is 0.302 e. The molecule has 4 nitrogen and oxygen atoms in total. The van der Waals surface area contributed by atoms with Gasteiger partial charge in [-0.3, -0.25) is 4.79 Å². The van der Waals surface area contributed by atoms with Crippen LogP contribution in [0.4, 0.5) is 0 Å². The molecule has 3 aromatic rings. The maximum Gasteiger partial charge on any atom is 0.192 e. The lowest BCUT2D eigenvalue weighted by Crippen LogP contribution is -2.14. The molecular weight excluding hydrogens is 362 g/mol. The minimum absolute atomic E-state index is 0.0332. The standard InChI is InChI=1S/C17H16ClN3OS2/c1-3-21-16(14-8-5-9-23-14)19-20-17(21)24-11(2)15(22)12-6-4-7-13(18)10-12/h4-11H,3H2,1-2H3/t11-/m0/s1. The Labute approximate surface area is 153 Å². The number of nitrogens with zero attached hydrogens (tertiary/aromatic N) is 3. The summed E-state index contributed by atoms with van der Waals surface area (Å²) >= 11 is 9.03. The normalized spacial score (nSPS) is 12.3. The van der Waals surface area contributed by atoms with Crippen LogP contribution in [-0.2, 0) is 6.54 Å². The van der Waals surface area contributed by atoms with Crippen molar-refractivity contribution in [3.63, 3.8) is 0 Å². The second kappa shape index (κ2) is 7.51. The van der Waals surface area contributed by atoms with Crippen molar-refractivity contribution in [2.45, 2.75) is 30.8 Å². The van der Waals surface area contributed by atoms with Crippen molar-refractivity contribution in [3.05, 3.63) is 52.4 Å². The molecule has 0 aliphatic rings. The Morgan fingerprint density at radius 2 is 2.17 bits per heavy atom. The second-order valence-corrected chi connectivity index (χ2v) is 7.85. The van der Waals surface area contributed by atoms with Gasteiger partial charge in [-0.05, 0) is 37.4 Å². The van der Waals surface area contributed by atoms with E-state index in [1.807, 2.05) is 35.9 Å². The number of rotatable bonds is 6. The SMILES string of the molecule is CCn1c(S[C@@H](C)C(=O)c2cccc(Cl)c2)nnc1-c1cccs1. The first kappa shape index (κ1) is 17.2. The zero-order valence-electron chi connectivity index (χ0n) is 13.3. The van der Waals surface area contributed by atoms with Crippen LogP contribution in [0.5, 0.6) is 0 Å². The lowest BCUT2D eigenvalue weighted by Gasteiger charge is -2.11. The number of Topliss-reactive ketones (excluding diaryl/α,β-unsaturated/α-hetero) is 1. The van der Waals surface area contributed by atoms with E-state index in [1.165, 1.54) is 11.8 Å². The van der Waals surface area contributed by atoms with Gasteiger partial charge < -0.3 is 4.57 Å². The number of halogens is 1. The van der Waals surface area contributed by atoms with Gasteiger partial charge in [0.1, 0.15) is 0 Å². The third-order valence-electron chi connectivity index (χ3n) is 3.54. The molecule has 3 rings (SSSR count). The summed E-state index contributed by atoms with van der Waals surface area (Å²) in [5.74, 6) is 0.878. The van der Waals surface area contributed by atoms with Crippen molar-refractivity contribution in [2.75, 3.05) is 0 Å². The van der Waals surface area contributed by atoms with Gasteiger partial charge in [-0.15, -0.1) is 21.5 Å². The third kappa shape index (κ3) is 3.55. The Bertz CT molecular complexity index is 845. The van der Waals surface area contributed by atoms with E-state index < -0.39 is 0 Å². The predicted molar refractivity (Wildman–Crippen MR) is 100 cm³/mol. The van der Waals surface area contributed by atoms with Crippen LogP contribution < -0.4 is 0 Å². The van der Waals surface area contributed by atoms with Crippen molar-refractivity contribution >= 4 is 40.5 Å². The molecule has 0 radical (unpaired) electrons. The number of carbonyl (C=O) groups excluding carboxylic acids is 1. The molecule has 0 spiro atoms. The lowest BCUT2D eigenvalue weighted by atomic mass is 10.1. The smallest absolute Gasteiger partial charge is 0.192 e. The van der Waals surface area contributed by atoms with Crippen molar-refractivity contribution in [1.82, 2.24) is 14.8 Å². The number of hydrogen-bond donors (Lipinski definition) is 0. The van der Waals surface area contributed by atoms with Crippen molar-refractivity contribution in [2.24, 2.45) is 0 Å². The molecule has 0 unspecified atom stereocenters. The minimum atomic E-state index is -0.269. The average Bonchev–Trinajstić information content (AvgIpc) is 3.23. The Morgan fingerprint density at radius 3 is 2.83 bits per heavy atom. The highest BCUT2D eigenvalue weighted by Gasteiger charge is 2.21. The number of carbonyl (C=O) groups is 1. The minimum Gasteiger partial charge on any atom is -0.302 e. The Morgan fingerprint density at radius 1 is 1.33 bits per heavy atom. The maximum absolute atomic E-state index is 12.6. The molecule has 124 valence electrons. The van der Waals surface area contributed by atoms with Gasteiger partial charge in [-0.2, -0.15) is 0 Å². The number of aromatic nitrogens is 3. The molecule has 0 N–H and O–H groups in total. The summed E-state index contributed by atoms with van der Waals surface area (Å²) in [7, 11) is 0. The van der Waals surface area contributed by atoms with Crippen LogP contribution in [0.1, 0.15) is 24.2 Å². The molecule has 0 saturated heterocycles. The van der Waals surface area contributed by atoms with E-state index in [4.69, 9.17) is 11.6 Å². The topological polar surface area (TPSA) is 47.8 Å². The van der Waals surface area contributed by atoms with E-state index in [0.717, 1.165) is 22.4 Å². The molecule has 1 aromatic carbocycles. The summed E-state index contributed by atoms with van der Waals surface area (Å²) in [6.45, 7) is 4.68. The Hall–Kier alpha value is -1.63. The van der Waals surface area contributed by atoms with E-state index in [9.17, 15) is 4.79 Å². The second-order valence-electron chi connectivity index (χ2n) is 5.16. The zero-order chi connectivity index (χ0) is 17.1. The molecule has 1 atom stereocenters. The summed E-state index contributed by atoms with van der Waals surface area (Å²) in [6.07, 6.45) is 0. The monoisotopic (exact) mass is 377 g/mol. The van der Waals surface area contributed by atoms with E-state index in [0.29, 0.717) is 10.6 Å². The number of thiophene rings is 1. The zero-order valence-corrected chi connectivity index (χ0v) is 15.7. The van der Waals surface area contributed by atoms with Gasteiger partial charge in [-0.1, -0.05) is 41.6 Å². The molecule has 0 aliphatic heterocycles. The summed E-state index contributed by atoms with van der Waals surface area (Å²) in [4.78, 5) is 13.7. The molecule has 0 amide bonds. The van der Waals surface area contributed by atoms with Crippen molar-refractivity contribution < 1.29 is 4.79 Å². The molecular formula is C17H16ClN3OS2. The average molecular weight is 378 g/mol. The lowest BCUT2D eigenvalue weighted by molar-refractivity contribution is 0.0994. The fraction of sp³-hybridized carbons (Fsp3) is 0.235. The number of hydrogen-bond acceptors (Lipinski definition) is 5. The van der Waals surface area contributed by atoms with Gasteiger partial charge in [-0.25, -0.2) is 0 Å². The highest BCUT2D eigenvalue weighted by molar-refractivity contribution is 8.00. The molecule has 0 fully saturated rings. The predicted octanol–water partition coefficient (Wildman–Crippen LogP) is 5.04. The van der Waals surface area contributed by atoms with Crippen LogP contribution in [0.3, 0.4) is 0 Å². The number of ketones is 1. The quantitative estimate of drug-likeness (QED) is 0.445. The maximum atomic E-state index is 12.6. The first-order chi connectivity index (χ1) is 11.6. The van der Waals surface area contributed by atoms with Gasteiger partial charge >= 0.3 is 0 Å². The molecule has 2 aromatic heterocycles. The molecule has 2 heterocycles. The van der Waals surface area contributed by atoms with E-state index in [2.05, 4.69) is 10.2 Å². The Kier molecular flexibility index (Phi) is 5.38. The first-order valence-electron chi connectivity index (χ1n) is 7.53. The summed E-state index contributed by atoms with van der Waals surface area (Å²) < 4.78 is 2.04. The fourth-order valence-electron chi connectivity index (χ4n) is 2.34.